The van der Waals surface area contributed by atoms with Crippen molar-refractivity contribution in [1.82, 2.24) is 15.1 Å². The highest BCUT2D eigenvalue weighted by Gasteiger charge is 2.20. The Bertz CT molecular complexity index is 523. The number of nitrogens with one attached hydrogen (secondary N) is 1. The average Bonchev–Trinajstić information content (AvgIpc) is 2.59. The lowest BCUT2D eigenvalue weighted by atomic mass is 9.99. The van der Waals surface area contributed by atoms with E-state index in [1.807, 2.05) is 4.90 Å². The Morgan fingerprint density at radius 3 is 2.70 bits per heavy atom. The minimum absolute atomic E-state index is 0.0896. The molecule has 126 valence electrons. The molecule has 0 radical (unpaired) electrons. The summed E-state index contributed by atoms with van der Waals surface area (Å²) in [5.74, 6) is 0.882. The number of hydrogen-bond donors (Lipinski definition) is 1. The summed E-state index contributed by atoms with van der Waals surface area (Å²) >= 11 is 0. The minimum Gasteiger partial charge on any atom is -0.338 e. The van der Waals surface area contributed by atoms with E-state index >= 15 is 0 Å². The van der Waals surface area contributed by atoms with Crippen LogP contribution >= 0.6 is 0 Å². The summed E-state index contributed by atoms with van der Waals surface area (Å²) in [5, 5.41) is 3.09. The highest BCUT2D eigenvalue weighted by atomic mass is 16.2. The van der Waals surface area contributed by atoms with E-state index in [9.17, 15) is 4.79 Å². The number of benzene rings is 1. The van der Waals surface area contributed by atoms with E-state index in [2.05, 4.69) is 41.4 Å². The molecule has 0 spiro atoms. The van der Waals surface area contributed by atoms with Gasteiger partial charge in [-0.2, -0.15) is 0 Å². The van der Waals surface area contributed by atoms with Crippen molar-refractivity contribution in [2.24, 2.45) is 5.92 Å². The topological polar surface area (TPSA) is 35.6 Å². The number of rotatable bonds is 4. The van der Waals surface area contributed by atoms with Crippen molar-refractivity contribution >= 4 is 6.03 Å². The largest absolute Gasteiger partial charge is 0.338 e. The van der Waals surface area contributed by atoms with Crippen molar-refractivity contribution in [1.29, 1.82) is 0 Å². The molecule has 0 unspecified atom stereocenters. The van der Waals surface area contributed by atoms with Crippen LogP contribution in [0.4, 0.5) is 4.79 Å². The third kappa shape index (κ3) is 4.47. The Labute approximate surface area is 139 Å². The van der Waals surface area contributed by atoms with Gasteiger partial charge >= 0.3 is 6.03 Å². The van der Waals surface area contributed by atoms with E-state index in [-0.39, 0.29) is 6.03 Å². The maximum atomic E-state index is 12.3. The number of carbonyl (C=O) groups is 1. The molecular formula is C19H29N3O. The number of fused-ring (bicyclic) bond motifs is 1. The van der Waals surface area contributed by atoms with Gasteiger partial charge in [0.2, 0.25) is 0 Å². The van der Waals surface area contributed by atoms with Gasteiger partial charge in [-0.1, -0.05) is 31.2 Å². The third-order valence-electron chi connectivity index (χ3n) is 5.22. The standard InChI is InChI=1S/C19H29N3O/c1-16-7-12-21(13-8-16)11-4-10-20-19(23)22-14-9-17-5-2-3-6-18(17)15-22/h2-3,5-6,16H,4,7-15H2,1H3,(H,20,23). The number of amides is 2. The second-order valence-corrected chi connectivity index (χ2v) is 7.05. The van der Waals surface area contributed by atoms with E-state index in [1.165, 1.54) is 37.1 Å². The van der Waals surface area contributed by atoms with Crippen LogP contribution < -0.4 is 5.32 Å². The fourth-order valence-electron chi connectivity index (χ4n) is 3.56. The van der Waals surface area contributed by atoms with Gasteiger partial charge in [0, 0.05) is 19.6 Å². The zero-order chi connectivity index (χ0) is 16.1. The minimum atomic E-state index is 0.0896. The second kappa shape index (κ2) is 7.82. The van der Waals surface area contributed by atoms with Gasteiger partial charge in [-0.3, -0.25) is 0 Å². The zero-order valence-electron chi connectivity index (χ0n) is 14.3. The van der Waals surface area contributed by atoms with Crippen LogP contribution in [0.2, 0.25) is 0 Å². The van der Waals surface area contributed by atoms with Crippen molar-refractivity contribution in [3.63, 3.8) is 0 Å². The van der Waals surface area contributed by atoms with E-state index in [4.69, 9.17) is 0 Å². The van der Waals surface area contributed by atoms with E-state index < -0.39 is 0 Å². The maximum absolute atomic E-state index is 12.3. The molecule has 23 heavy (non-hydrogen) atoms. The lowest BCUT2D eigenvalue weighted by Crippen LogP contribution is -2.43. The smallest absolute Gasteiger partial charge is 0.317 e. The summed E-state index contributed by atoms with van der Waals surface area (Å²) in [5.41, 5.74) is 2.67. The second-order valence-electron chi connectivity index (χ2n) is 7.05. The van der Waals surface area contributed by atoms with Gasteiger partial charge in [0.15, 0.2) is 0 Å². The molecule has 0 saturated carbocycles. The SMILES string of the molecule is CC1CCN(CCCNC(=O)N2CCc3ccccc3C2)CC1. The van der Waals surface area contributed by atoms with E-state index in [0.29, 0.717) is 0 Å². The molecule has 4 heteroatoms. The predicted molar refractivity (Wildman–Crippen MR) is 93.4 cm³/mol. The lowest BCUT2D eigenvalue weighted by molar-refractivity contribution is 0.183. The van der Waals surface area contributed by atoms with Gasteiger partial charge in [-0.25, -0.2) is 4.79 Å². The molecule has 1 saturated heterocycles. The number of piperidine rings is 1. The molecule has 4 nitrogen and oxygen atoms in total. The Morgan fingerprint density at radius 2 is 1.91 bits per heavy atom. The molecule has 0 aromatic heterocycles. The Hall–Kier alpha value is -1.55. The van der Waals surface area contributed by atoms with E-state index in [0.717, 1.165) is 44.9 Å². The number of likely N-dealkylation sites (tertiary alicyclic amines) is 1. The van der Waals surface area contributed by atoms with Crippen molar-refractivity contribution in [2.75, 3.05) is 32.7 Å². The van der Waals surface area contributed by atoms with Crippen LogP contribution in [-0.2, 0) is 13.0 Å². The first kappa shape index (κ1) is 16.3. The van der Waals surface area contributed by atoms with Crippen LogP contribution in [-0.4, -0.2) is 48.6 Å². The fraction of sp³-hybridized carbons (Fsp3) is 0.632. The Balaban J connectivity index is 1.35. The van der Waals surface area contributed by atoms with Crippen LogP contribution in [0.25, 0.3) is 0 Å². The quantitative estimate of drug-likeness (QED) is 0.867. The number of hydrogen-bond acceptors (Lipinski definition) is 2. The van der Waals surface area contributed by atoms with Crippen LogP contribution in [0.5, 0.6) is 0 Å². The first-order valence-corrected chi connectivity index (χ1v) is 9.04. The summed E-state index contributed by atoms with van der Waals surface area (Å²) in [7, 11) is 0. The Morgan fingerprint density at radius 1 is 1.17 bits per heavy atom. The predicted octanol–water partition coefficient (Wildman–Crippen LogP) is 2.88. The summed E-state index contributed by atoms with van der Waals surface area (Å²) in [6.45, 7) is 8.24. The summed E-state index contributed by atoms with van der Waals surface area (Å²) in [4.78, 5) is 16.8. The number of urea groups is 1. The van der Waals surface area contributed by atoms with Crippen LogP contribution in [0.15, 0.2) is 24.3 Å². The first-order valence-electron chi connectivity index (χ1n) is 9.04. The highest BCUT2D eigenvalue weighted by molar-refractivity contribution is 5.74. The summed E-state index contributed by atoms with van der Waals surface area (Å²) < 4.78 is 0. The van der Waals surface area contributed by atoms with E-state index in [1.54, 1.807) is 0 Å². The molecule has 2 aliphatic rings. The van der Waals surface area contributed by atoms with Crippen LogP contribution in [0, 0.1) is 5.92 Å². The van der Waals surface area contributed by atoms with Gasteiger partial charge in [-0.15, -0.1) is 0 Å². The number of carbonyl (C=O) groups excluding carboxylic acids is 1. The van der Waals surface area contributed by atoms with Crippen LogP contribution in [0.3, 0.4) is 0 Å². The van der Waals surface area contributed by atoms with Gasteiger partial charge in [0.25, 0.3) is 0 Å². The molecular weight excluding hydrogens is 286 g/mol. The Kier molecular flexibility index (Phi) is 5.55. The third-order valence-corrected chi connectivity index (χ3v) is 5.22. The number of nitrogens with zero attached hydrogens (tertiary/aromatic N) is 2. The molecule has 2 amide bonds. The molecule has 3 rings (SSSR count). The normalized spacial score (nSPS) is 19.4. The van der Waals surface area contributed by atoms with Gasteiger partial charge in [0.05, 0.1) is 0 Å². The van der Waals surface area contributed by atoms with Gasteiger partial charge in [0.1, 0.15) is 0 Å². The van der Waals surface area contributed by atoms with Crippen LogP contribution in [0.1, 0.15) is 37.3 Å². The molecule has 0 aliphatic carbocycles. The van der Waals surface area contributed by atoms with Crippen molar-refractivity contribution in [3.05, 3.63) is 35.4 Å². The van der Waals surface area contributed by atoms with Gasteiger partial charge < -0.3 is 15.1 Å². The molecule has 0 atom stereocenters. The van der Waals surface area contributed by atoms with Crippen molar-refractivity contribution < 1.29 is 4.79 Å². The maximum Gasteiger partial charge on any atom is 0.317 e. The van der Waals surface area contributed by atoms with Crippen molar-refractivity contribution in [2.45, 2.75) is 39.2 Å². The molecule has 1 N–H and O–H groups in total. The molecule has 0 bridgehead atoms. The summed E-state index contributed by atoms with van der Waals surface area (Å²) in [6.07, 6.45) is 4.65. The van der Waals surface area contributed by atoms with Gasteiger partial charge in [-0.05, 0) is 62.4 Å². The van der Waals surface area contributed by atoms with Crippen molar-refractivity contribution in [3.8, 4) is 0 Å². The average molecular weight is 315 g/mol. The molecule has 1 aromatic carbocycles. The monoisotopic (exact) mass is 315 g/mol. The highest BCUT2D eigenvalue weighted by Crippen LogP contribution is 2.18. The lowest BCUT2D eigenvalue weighted by Gasteiger charge is -2.31. The summed E-state index contributed by atoms with van der Waals surface area (Å²) in [6, 6.07) is 8.53. The molecule has 2 heterocycles. The first-order chi connectivity index (χ1) is 11.2. The molecule has 2 aliphatic heterocycles. The zero-order valence-corrected chi connectivity index (χ0v) is 14.3. The molecule has 1 fully saturated rings. The fourth-order valence-corrected chi connectivity index (χ4v) is 3.56. The molecule has 1 aromatic rings.